The minimum absolute atomic E-state index is 0.0101. The van der Waals surface area contributed by atoms with Crippen molar-refractivity contribution >= 4 is 40.4 Å². The van der Waals surface area contributed by atoms with Crippen LogP contribution in [-0.2, 0) is 25.7 Å². The van der Waals surface area contributed by atoms with E-state index in [0.29, 0.717) is 60.0 Å². The lowest BCUT2D eigenvalue weighted by Crippen LogP contribution is -2.70. The highest BCUT2D eigenvalue weighted by molar-refractivity contribution is 6.03. The smallest absolute Gasteiger partial charge is 0.269 e. The summed E-state index contributed by atoms with van der Waals surface area (Å²) in [7, 11) is 0. The second kappa shape index (κ2) is 23.7. The molecule has 2 heterocycles. The fourth-order valence-electron chi connectivity index (χ4n) is 11.3. The van der Waals surface area contributed by atoms with Gasteiger partial charge in [-0.15, -0.1) is 6.58 Å². The van der Waals surface area contributed by atoms with E-state index in [0.717, 1.165) is 72.3 Å². The van der Waals surface area contributed by atoms with Crippen LogP contribution in [0.15, 0.2) is 145 Å². The fraction of sp³-hybridized carbons (Fsp3) is 0.373. The maximum atomic E-state index is 15.5. The second-order valence-corrected chi connectivity index (χ2v) is 19.3. The standard InChI is InChI=1S/C59H63N3O11/c1-2-32-70-59-54(61(38-44-17-12-16-42-14-3-4-19-48(42)44)55(66)29-24-40-22-25-45(26-23-40)62(67)68)37-52(60-73-56-21-7-10-33-69-56)50-35-43(15-5-8-30-63)49(20-6-9-31-64)57(58(50)59)51-36-47(27-28-53(51)72-59)71-46-18-11-13-41(34-46)39-65/h2-4,11-14,16-19,22-29,34-36,39,43,49,54,56-58,63-64H,1,5-10,15,20-21,30-33,37-38H2. The Balaban J connectivity index is 1.26. The number of carbonyl (C=O) groups is 2. The molecule has 1 saturated heterocycles. The van der Waals surface area contributed by atoms with Gasteiger partial charge in [0.05, 0.1) is 29.8 Å². The first-order valence-corrected chi connectivity index (χ1v) is 25.5. The van der Waals surface area contributed by atoms with Gasteiger partial charge in [0, 0.05) is 67.9 Å². The van der Waals surface area contributed by atoms with E-state index in [2.05, 4.69) is 12.7 Å². The van der Waals surface area contributed by atoms with Crippen LogP contribution in [0.3, 0.4) is 0 Å². The molecule has 2 aliphatic carbocycles. The molecule has 14 nitrogen and oxygen atoms in total. The van der Waals surface area contributed by atoms with Crippen molar-refractivity contribution in [1.82, 2.24) is 4.90 Å². The Morgan fingerprint density at radius 3 is 2.45 bits per heavy atom. The van der Waals surface area contributed by atoms with Crippen LogP contribution in [0.1, 0.15) is 97.2 Å². The van der Waals surface area contributed by atoms with Crippen LogP contribution < -0.4 is 9.47 Å². The maximum absolute atomic E-state index is 15.5. The van der Waals surface area contributed by atoms with Crippen molar-refractivity contribution < 1.29 is 48.5 Å². The third-order valence-corrected chi connectivity index (χ3v) is 14.7. The van der Waals surface area contributed by atoms with Crippen LogP contribution in [0.5, 0.6) is 17.2 Å². The molecule has 380 valence electrons. The molecule has 7 atom stereocenters. The predicted molar refractivity (Wildman–Crippen MR) is 278 cm³/mol. The summed E-state index contributed by atoms with van der Waals surface area (Å²) in [5.74, 6) is -1.33. The van der Waals surface area contributed by atoms with E-state index in [1.165, 1.54) is 18.2 Å². The molecule has 9 rings (SSSR count). The molecule has 0 aromatic heterocycles. The minimum Gasteiger partial charge on any atom is -0.459 e. The number of ether oxygens (including phenoxy) is 4. The summed E-state index contributed by atoms with van der Waals surface area (Å²) in [6.45, 7) is 4.95. The molecule has 0 spiro atoms. The summed E-state index contributed by atoms with van der Waals surface area (Å²) in [5.41, 5.74) is 4.29. The maximum Gasteiger partial charge on any atom is 0.269 e. The molecule has 1 saturated carbocycles. The molecular formula is C59H63N3O11. The Morgan fingerprint density at radius 1 is 0.904 bits per heavy atom. The normalized spacial score (nSPS) is 23.7. The largest absolute Gasteiger partial charge is 0.459 e. The number of fused-ring (bicyclic) bond motifs is 3. The molecule has 2 N–H and O–H groups in total. The van der Waals surface area contributed by atoms with Crippen LogP contribution in [0, 0.1) is 27.9 Å². The number of aliphatic hydroxyl groups excluding tert-OH is 2. The van der Waals surface area contributed by atoms with E-state index >= 15 is 4.79 Å². The van der Waals surface area contributed by atoms with E-state index in [1.54, 1.807) is 48.6 Å². The van der Waals surface area contributed by atoms with Gasteiger partial charge in [-0.1, -0.05) is 84.7 Å². The third-order valence-electron chi connectivity index (χ3n) is 14.7. The summed E-state index contributed by atoms with van der Waals surface area (Å²) in [6.07, 6.45) is 14.3. The summed E-state index contributed by atoms with van der Waals surface area (Å²) >= 11 is 0. The van der Waals surface area contributed by atoms with Gasteiger partial charge in [0.15, 0.2) is 0 Å². The first-order chi connectivity index (χ1) is 35.7. The van der Waals surface area contributed by atoms with E-state index in [4.69, 9.17) is 28.9 Å². The predicted octanol–water partition coefficient (Wildman–Crippen LogP) is 11.3. The second-order valence-electron chi connectivity index (χ2n) is 19.3. The first kappa shape index (κ1) is 51.0. The van der Waals surface area contributed by atoms with Gasteiger partial charge < -0.3 is 38.9 Å². The zero-order valence-corrected chi connectivity index (χ0v) is 41.0. The van der Waals surface area contributed by atoms with Crippen molar-refractivity contribution in [3.63, 3.8) is 0 Å². The molecule has 0 bridgehead atoms. The number of benzene rings is 5. The zero-order chi connectivity index (χ0) is 50.7. The third kappa shape index (κ3) is 11.3. The number of rotatable bonds is 22. The number of aldehydes is 1. The van der Waals surface area contributed by atoms with Gasteiger partial charge in [0.1, 0.15) is 29.6 Å². The number of oxime groups is 1. The Bertz CT molecular complexity index is 2850. The number of unbranched alkanes of at least 4 members (excludes halogenated alkanes) is 2. The summed E-state index contributed by atoms with van der Waals surface area (Å²) in [5, 5.41) is 38.7. The van der Waals surface area contributed by atoms with Gasteiger partial charge in [-0.2, -0.15) is 0 Å². The van der Waals surface area contributed by atoms with Crippen molar-refractivity contribution in [2.45, 2.75) is 94.8 Å². The van der Waals surface area contributed by atoms with Crippen LogP contribution in [0.25, 0.3) is 16.8 Å². The number of carbonyl (C=O) groups excluding carboxylic acids is 2. The summed E-state index contributed by atoms with van der Waals surface area (Å²) in [6, 6.07) is 32.0. The van der Waals surface area contributed by atoms with Crippen LogP contribution in [0.2, 0.25) is 0 Å². The van der Waals surface area contributed by atoms with Gasteiger partial charge in [0.2, 0.25) is 18.0 Å². The van der Waals surface area contributed by atoms with E-state index in [-0.39, 0.29) is 62.1 Å². The lowest BCUT2D eigenvalue weighted by molar-refractivity contribution is -0.384. The minimum atomic E-state index is -1.56. The lowest BCUT2D eigenvalue weighted by Gasteiger charge is -2.60. The number of aliphatic hydroxyl groups is 2. The monoisotopic (exact) mass is 989 g/mol. The van der Waals surface area contributed by atoms with Gasteiger partial charge in [0.25, 0.3) is 5.69 Å². The Labute approximate surface area is 425 Å². The average Bonchev–Trinajstić information content (AvgIpc) is 3.42. The van der Waals surface area contributed by atoms with Gasteiger partial charge >= 0.3 is 0 Å². The summed E-state index contributed by atoms with van der Waals surface area (Å²) < 4.78 is 27.4. The van der Waals surface area contributed by atoms with E-state index < -0.39 is 29.0 Å². The molecule has 1 amide bonds. The van der Waals surface area contributed by atoms with Crippen molar-refractivity contribution in [2.24, 2.45) is 22.9 Å². The van der Waals surface area contributed by atoms with Crippen LogP contribution in [0.4, 0.5) is 5.69 Å². The number of non-ortho nitro benzene ring substituents is 1. The van der Waals surface area contributed by atoms with Crippen molar-refractivity contribution in [1.29, 1.82) is 0 Å². The molecule has 5 aromatic rings. The van der Waals surface area contributed by atoms with Gasteiger partial charge in [-0.05, 0) is 126 Å². The Hall–Kier alpha value is -6.97. The molecule has 2 aliphatic heterocycles. The fourth-order valence-corrected chi connectivity index (χ4v) is 11.3. The number of hydrogen-bond acceptors (Lipinski definition) is 12. The highest BCUT2D eigenvalue weighted by Gasteiger charge is 2.65. The van der Waals surface area contributed by atoms with Crippen molar-refractivity contribution in [3.05, 3.63) is 172 Å². The highest BCUT2D eigenvalue weighted by atomic mass is 16.8. The molecule has 7 unspecified atom stereocenters. The average molecular weight is 990 g/mol. The van der Waals surface area contributed by atoms with Crippen LogP contribution >= 0.6 is 0 Å². The number of nitrogens with zero attached hydrogens (tertiary/aromatic N) is 3. The summed E-state index contributed by atoms with van der Waals surface area (Å²) in [4.78, 5) is 46.6. The lowest BCUT2D eigenvalue weighted by atomic mass is 9.55. The topological polar surface area (TPSA) is 179 Å². The van der Waals surface area contributed by atoms with E-state index in [9.17, 15) is 25.1 Å². The molecule has 5 aromatic carbocycles. The molecular weight excluding hydrogens is 927 g/mol. The number of nitro benzene ring substituents is 1. The highest BCUT2D eigenvalue weighted by Crippen LogP contribution is 2.62. The zero-order valence-electron chi connectivity index (χ0n) is 41.0. The van der Waals surface area contributed by atoms with Gasteiger partial charge in [-0.25, -0.2) is 0 Å². The molecule has 73 heavy (non-hydrogen) atoms. The number of allylic oxidation sites excluding steroid dienone is 1. The molecule has 14 heteroatoms. The molecule has 4 aliphatic rings. The number of nitro groups is 1. The Kier molecular flexibility index (Phi) is 16.6. The Morgan fingerprint density at radius 2 is 1.68 bits per heavy atom. The quantitative estimate of drug-likeness (QED) is 0.0168. The molecule has 0 radical (unpaired) electrons. The van der Waals surface area contributed by atoms with E-state index in [1.807, 2.05) is 65.6 Å². The number of amides is 1. The SMILES string of the molecule is C=CCOC12Oc3ccc(Oc4cccc(C=O)c4)cc3C3C(CCCCO)C(CCCCO)C=C(C(=NOC4CCCCO4)CC1N(Cc1cccc4ccccc14)C(=O)C=Cc1ccc([N+](=O)[O-])cc1)C32. The van der Waals surface area contributed by atoms with Crippen LogP contribution in [-0.4, -0.2) is 82.5 Å². The van der Waals surface area contributed by atoms with Crippen molar-refractivity contribution in [2.75, 3.05) is 26.4 Å². The number of hydrogen-bond donors (Lipinski definition) is 2. The molecule has 2 fully saturated rings. The van der Waals surface area contributed by atoms with Crippen molar-refractivity contribution in [3.8, 4) is 17.2 Å². The first-order valence-electron chi connectivity index (χ1n) is 25.5. The van der Waals surface area contributed by atoms with Gasteiger partial charge in [-0.3, -0.25) is 19.7 Å².